The van der Waals surface area contributed by atoms with Crippen LogP contribution >= 0.6 is 28.3 Å². The Kier molecular flexibility index (Phi) is 9.68. The molecule has 2 aromatic heterocycles. The van der Waals surface area contributed by atoms with Crippen LogP contribution in [-0.4, -0.2) is 32.7 Å². The van der Waals surface area contributed by atoms with Gasteiger partial charge >= 0.3 is 0 Å². The zero-order valence-corrected chi connectivity index (χ0v) is 24.3. The van der Waals surface area contributed by atoms with E-state index in [1.807, 2.05) is 41.1 Å². The van der Waals surface area contributed by atoms with Gasteiger partial charge in [0.25, 0.3) is 0 Å². The zero-order valence-electron chi connectivity index (χ0n) is 21.9. The van der Waals surface area contributed by atoms with Gasteiger partial charge in [-0.25, -0.2) is 9.36 Å². The van der Waals surface area contributed by atoms with E-state index in [0.29, 0.717) is 23.5 Å². The van der Waals surface area contributed by atoms with Crippen molar-refractivity contribution < 1.29 is 0 Å². The second kappa shape index (κ2) is 12.5. The fourth-order valence-corrected chi connectivity index (χ4v) is 4.60. The number of nitrogens with two attached hydrogens (primary N) is 2. The number of rotatable bonds is 5. The molecule has 7 nitrogen and oxygen atoms in total. The van der Waals surface area contributed by atoms with Crippen LogP contribution in [0.2, 0.25) is 0 Å². The summed E-state index contributed by atoms with van der Waals surface area (Å²) < 4.78 is 4.63. The average molecular weight is 587 g/mol. The number of nitrogen functional groups attached to an aromatic ring is 2. The molecule has 0 bridgehead atoms. The van der Waals surface area contributed by atoms with Gasteiger partial charge in [0.05, 0.1) is 22.8 Å². The fourth-order valence-electron chi connectivity index (χ4n) is 4.21. The van der Waals surface area contributed by atoms with E-state index in [9.17, 15) is 0 Å². The molecule has 4 N–H and O–H groups in total. The third kappa shape index (κ3) is 6.87. The summed E-state index contributed by atoms with van der Waals surface area (Å²) in [6.07, 6.45) is 2.57. The van der Waals surface area contributed by atoms with Gasteiger partial charge < -0.3 is 16.4 Å². The van der Waals surface area contributed by atoms with Crippen molar-refractivity contribution in [3.63, 3.8) is 0 Å². The maximum atomic E-state index is 6.10. The number of nitrogens with zero attached hydrogens (tertiary/aromatic N) is 5. The van der Waals surface area contributed by atoms with Crippen molar-refractivity contribution in [3.05, 3.63) is 76.5 Å². The van der Waals surface area contributed by atoms with Crippen LogP contribution in [0.4, 0.5) is 17.3 Å². The molecule has 0 saturated carbocycles. The van der Waals surface area contributed by atoms with Gasteiger partial charge in [-0.2, -0.15) is 10.2 Å². The Morgan fingerprint density at radius 3 is 1.62 bits per heavy atom. The first-order valence-electron chi connectivity index (χ1n) is 12.5. The van der Waals surface area contributed by atoms with Gasteiger partial charge in [0.2, 0.25) is 0 Å². The highest BCUT2D eigenvalue weighted by atomic mass is 79.9. The van der Waals surface area contributed by atoms with Gasteiger partial charge in [0.15, 0.2) is 0 Å². The van der Waals surface area contributed by atoms with Gasteiger partial charge in [-0.3, -0.25) is 0 Å². The number of hydrogen-bond donors (Lipinski definition) is 2. The minimum atomic E-state index is 0. The molecule has 0 spiro atoms. The molecule has 1 saturated heterocycles. The quantitative estimate of drug-likeness (QED) is 0.264. The molecule has 198 valence electrons. The number of halogens is 2. The first-order chi connectivity index (χ1) is 17.2. The highest BCUT2D eigenvalue weighted by Gasteiger charge is 2.15. The first-order valence-corrected chi connectivity index (χ1v) is 13.3. The summed E-state index contributed by atoms with van der Waals surface area (Å²) in [5, 5.41) is 9.11. The van der Waals surface area contributed by atoms with Gasteiger partial charge in [-0.1, -0.05) is 55.8 Å². The second-order valence-electron chi connectivity index (χ2n) is 9.82. The molecule has 9 heteroatoms. The maximum absolute atomic E-state index is 6.10. The highest BCUT2D eigenvalue weighted by Crippen LogP contribution is 2.25. The van der Waals surface area contributed by atoms with Crippen LogP contribution in [0.5, 0.6) is 0 Å². The third-order valence-electron chi connectivity index (χ3n) is 6.29. The molecule has 3 heterocycles. The Bertz CT molecular complexity index is 1310. The lowest BCUT2D eigenvalue weighted by Crippen LogP contribution is -2.17. The summed E-state index contributed by atoms with van der Waals surface area (Å²) in [5.41, 5.74) is 17.4. The van der Waals surface area contributed by atoms with E-state index >= 15 is 0 Å². The number of anilines is 3. The molecule has 4 aromatic rings. The van der Waals surface area contributed by atoms with Crippen LogP contribution in [0.25, 0.3) is 11.4 Å². The van der Waals surface area contributed by atoms with E-state index in [1.165, 1.54) is 18.5 Å². The van der Waals surface area contributed by atoms with Crippen LogP contribution < -0.4 is 16.4 Å². The lowest BCUT2D eigenvalue weighted by atomic mass is 10.1. The average Bonchev–Trinajstić information content (AvgIpc) is 3.60. The molecule has 5 rings (SSSR count). The highest BCUT2D eigenvalue weighted by molar-refractivity contribution is 9.10. The lowest BCUT2D eigenvalue weighted by Gasteiger charge is -2.18. The Balaban J connectivity index is 0.000000205. The molecular formula is C28H37BrClN7. The minimum Gasteiger partial charge on any atom is -0.384 e. The van der Waals surface area contributed by atoms with E-state index in [1.54, 1.807) is 4.68 Å². The van der Waals surface area contributed by atoms with E-state index in [0.717, 1.165) is 40.3 Å². The summed E-state index contributed by atoms with van der Waals surface area (Å²) in [5.74, 6) is 2.14. The van der Waals surface area contributed by atoms with Crippen molar-refractivity contribution in [2.24, 2.45) is 0 Å². The topological polar surface area (TPSA) is 90.9 Å². The predicted molar refractivity (Wildman–Crippen MR) is 161 cm³/mol. The molecule has 0 atom stereocenters. The molecule has 1 aliphatic heterocycles. The molecule has 1 aliphatic rings. The Morgan fingerprint density at radius 2 is 1.16 bits per heavy atom. The Morgan fingerprint density at radius 1 is 0.703 bits per heavy atom. The van der Waals surface area contributed by atoms with Gasteiger partial charge in [0.1, 0.15) is 11.6 Å². The van der Waals surface area contributed by atoms with Crippen LogP contribution in [-0.2, 0) is 0 Å². The summed E-state index contributed by atoms with van der Waals surface area (Å²) >= 11 is 3.44. The first kappa shape index (κ1) is 28.6. The van der Waals surface area contributed by atoms with E-state index in [2.05, 4.69) is 83.0 Å². The van der Waals surface area contributed by atoms with Crippen LogP contribution in [0.1, 0.15) is 63.8 Å². The smallest absolute Gasteiger partial charge is 0.127 e. The van der Waals surface area contributed by atoms with Crippen molar-refractivity contribution in [2.75, 3.05) is 29.5 Å². The van der Waals surface area contributed by atoms with E-state index in [4.69, 9.17) is 11.5 Å². The molecule has 0 amide bonds. The SMILES string of the molecule is CC(C)c1cc(N)n(-c2cccc(Br)c2)n1.CC(C)c1cc(N)n(-c2cccc(N3CCCC3)c2)n1.Cl. The summed E-state index contributed by atoms with van der Waals surface area (Å²) in [4.78, 5) is 2.42. The molecule has 0 aliphatic carbocycles. The summed E-state index contributed by atoms with van der Waals surface area (Å²) in [7, 11) is 0. The summed E-state index contributed by atoms with van der Waals surface area (Å²) in [6.45, 7) is 10.8. The standard InChI is InChI=1S/C16H22N4.C12H14BrN3.ClH/c1-12(2)15-11-16(17)20(18-15)14-7-5-6-13(10-14)19-8-3-4-9-19;1-8(2)11-7-12(14)16(15-11)10-5-3-4-9(13)6-10;/h5-7,10-12H,3-4,8-9,17H2,1-2H3;3-8H,14H2,1-2H3;1H. The zero-order chi connectivity index (χ0) is 25.8. The molecule has 0 unspecified atom stereocenters. The van der Waals surface area contributed by atoms with Crippen molar-refractivity contribution in [1.82, 2.24) is 19.6 Å². The van der Waals surface area contributed by atoms with Gasteiger partial charge in [-0.15, -0.1) is 12.4 Å². The summed E-state index contributed by atoms with van der Waals surface area (Å²) in [6, 6.07) is 20.3. The normalized spacial score (nSPS) is 13.0. The number of aromatic nitrogens is 4. The van der Waals surface area contributed by atoms with Gasteiger partial charge in [-0.05, 0) is 61.1 Å². The minimum absolute atomic E-state index is 0. The molecule has 0 radical (unpaired) electrons. The van der Waals surface area contributed by atoms with Crippen LogP contribution in [0, 0.1) is 0 Å². The second-order valence-corrected chi connectivity index (χ2v) is 10.7. The van der Waals surface area contributed by atoms with Crippen molar-refractivity contribution >= 4 is 45.7 Å². The largest absolute Gasteiger partial charge is 0.384 e. The Labute approximate surface area is 234 Å². The number of hydrogen-bond acceptors (Lipinski definition) is 5. The Hall–Kier alpha value is -2.97. The van der Waals surface area contributed by atoms with Crippen LogP contribution in [0.3, 0.4) is 0 Å². The van der Waals surface area contributed by atoms with Crippen molar-refractivity contribution in [3.8, 4) is 11.4 Å². The van der Waals surface area contributed by atoms with E-state index < -0.39 is 0 Å². The van der Waals surface area contributed by atoms with E-state index in [-0.39, 0.29) is 12.4 Å². The third-order valence-corrected chi connectivity index (χ3v) is 6.79. The molecule has 2 aromatic carbocycles. The van der Waals surface area contributed by atoms with Crippen molar-refractivity contribution in [2.45, 2.75) is 52.4 Å². The fraction of sp³-hybridized carbons (Fsp3) is 0.357. The molecule has 1 fully saturated rings. The lowest BCUT2D eigenvalue weighted by molar-refractivity contribution is 0.771. The number of benzene rings is 2. The molecular weight excluding hydrogens is 550 g/mol. The predicted octanol–water partition coefficient (Wildman–Crippen LogP) is 6.94. The molecule has 37 heavy (non-hydrogen) atoms. The van der Waals surface area contributed by atoms with Crippen LogP contribution in [0.15, 0.2) is 65.1 Å². The van der Waals surface area contributed by atoms with Crippen molar-refractivity contribution in [1.29, 1.82) is 0 Å². The van der Waals surface area contributed by atoms with Gasteiger partial charge in [0, 0.05) is 35.4 Å². The monoisotopic (exact) mass is 585 g/mol. The maximum Gasteiger partial charge on any atom is 0.127 e.